The Balaban J connectivity index is 1.21. The zero-order valence-corrected chi connectivity index (χ0v) is 17.5. The van der Waals surface area contributed by atoms with Gasteiger partial charge in [0.1, 0.15) is 5.01 Å². The van der Waals surface area contributed by atoms with Crippen molar-refractivity contribution in [3.63, 3.8) is 0 Å². The molecular weight excluding hydrogens is 366 g/mol. The van der Waals surface area contributed by atoms with E-state index in [2.05, 4.69) is 39.4 Å². The molecule has 0 N–H and O–H groups in total. The second kappa shape index (κ2) is 9.66. The van der Waals surface area contributed by atoms with Gasteiger partial charge in [0.15, 0.2) is 0 Å². The minimum Gasteiger partial charge on any atom is -0.340 e. The van der Waals surface area contributed by atoms with Crippen molar-refractivity contribution < 1.29 is 4.79 Å². The van der Waals surface area contributed by atoms with Crippen LogP contribution in [0.5, 0.6) is 0 Å². The third-order valence-electron chi connectivity index (χ3n) is 6.17. The number of nitrogens with zero attached hydrogens (tertiary/aromatic N) is 3. The summed E-state index contributed by atoms with van der Waals surface area (Å²) in [5.74, 6) is 1.16. The number of thiazole rings is 1. The molecule has 5 heteroatoms. The van der Waals surface area contributed by atoms with E-state index in [0.29, 0.717) is 5.91 Å². The predicted molar refractivity (Wildman–Crippen MR) is 115 cm³/mol. The van der Waals surface area contributed by atoms with Crippen molar-refractivity contribution in [1.82, 2.24) is 14.8 Å². The standard InChI is InChI=1S/C23H31N3OS/c27-22(12-11-19-7-3-1-4-8-19)26-15-13-25(14-16-26)17-21-18-28-23(24-21)20-9-5-2-6-10-20/h2,5-6,9-10,18-19H,1,3-4,7-8,11-17H2. The Morgan fingerprint density at radius 1 is 1.04 bits per heavy atom. The van der Waals surface area contributed by atoms with E-state index in [9.17, 15) is 4.79 Å². The van der Waals surface area contributed by atoms with Crippen molar-refractivity contribution in [1.29, 1.82) is 0 Å². The van der Waals surface area contributed by atoms with E-state index >= 15 is 0 Å². The average Bonchev–Trinajstić information content (AvgIpc) is 3.22. The Kier molecular flexibility index (Phi) is 6.76. The number of benzene rings is 1. The molecule has 2 fully saturated rings. The quantitative estimate of drug-likeness (QED) is 0.701. The normalized spacial score (nSPS) is 19.1. The molecule has 2 aromatic rings. The summed E-state index contributed by atoms with van der Waals surface area (Å²) in [5, 5.41) is 3.26. The minimum atomic E-state index is 0.366. The van der Waals surface area contributed by atoms with Crippen molar-refractivity contribution in [2.75, 3.05) is 26.2 Å². The first-order valence-corrected chi connectivity index (χ1v) is 11.7. The number of hydrogen-bond acceptors (Lipinski definition) is 4. The summed E-state index contributed by atoms with van der Waals surface area (Å²) in [5.41, 5.74) is 2.33. The Bertz CT molecular complexity index is 746. The number of amides is 1. The van der Waals surface area contributed by atoms with Crippen LogP contribution in [0.3, 0.4) is 0 Å². The van der Waals surface area contributed by atoms with Crippen LogP contribution in [0.1, 0.15) is 50.6 Å². The van der Waals surface area contributed by atoms with Crippen LogP contribution in [0.4, 0.5) is 0 Å². The maximum Gasteiger partial charge on any atom is 0.222 e. The fourth-order valence-corrected chi connectivity index (χ4v) is 5.26. The molecule has 0 unspecified atom stereocenters. The molecule has 2 aliphatic rings. The first kappa shape index (κ1) is 19.6. The van der Waals surface area contributed by atoms with E-state index < -0.39 is 0 Å². The van der Waals surface area contributed by atoms with Gasteiger partial charge in [-0.25, -0.2) is 4.98 Å². The zero-order valence-electron chi connectivity index (χ0n) is 16.7. The second-order valence-electron chi connectivity index (χ2n) is 8.21. The van der Waals surface area contributed by atoms with Gasteiger partial charge < -0.3 is 4.90 Å². The van der Waals surface area contributed by atoms with Crippen LogP contribution in [0, 0.1) is 5.92 Å². The smallest absolute Gasteiger partial charge is 0.222 e. The molecule has 4 rings (SSSR count). The third kappa shape index (κ3) is 5.21. The maximum atomic E-state index is 12.6. The molecule has 1 amide bonds. The first-order valence-electron chi connectivity index (χ1n) is 10.8. The summed E-state index contributed by atoms with van der Waals surface area (Å²) in [6.07, 6.45) is 8.62. The molecule has 1 saturated heterocycles. The summed E-state index contributed by atoms with van der Waals surface area (Å²) < 4.78 is 0. The van der Waals surface area contributed by atoms with Crippen LogP contribution in [-0.4, -0.2) is 46.9 Å². The lowest BCUT2D eigenvalue weighted by Crippen LogP contribution is -2.48. The van der Waals surface area contributed by atoms with Gasteiger partial charge in [0.25, 0.3) is 0 Å². The average molecular weight is 398 g/mol. The summed E-state index contributed by atoms with van der Waals surface area (Å²) in [4.78, 5) is 21.9. The number of aromatic nitrogens is 1. The molecule has 1 aromatic carbocycles. The molecule has 0 spiro atoms. The summed E-state index contributed by atoms with van der Waals surface area (Å²) in [6, 6.07) is 10.4. The van der Waals surface area contributed by atoms with E-state index in [4.69, 9.17) is 4.98 Å². The van der Waals surface area contributed by atoms with Crippen molar-refractivity contribution >= 4 is 17.2 Å². The lowest BCUT2D eigenvalue weighted by molar-refractivity contribution is -0.133. The van der Waals surface area contributed by atoms with Crippen molar-refractivity contribution in [3.05, 3.63) is 41.4 Å². The van der Waals surface area contributed by atoms with E-state index in [0.717, 1.165) is 62.2 Å². The Morgan fingerprint density at radius 3 is 2.54 bits per heavy atom. The van der Waals surface area contributed by atoms with Gasteiger partial charge in [-0.3, -0.25) is 9.69 Å². The third-order valence-corrected chi connectivity index (χ3v) is 7.11. The SMILES string of the molecule is O=C(CCC1CCCCC1)N1CCN(Cc2csc(-c3ccccc3)n2)CC1. The number of hydrogen-bond donors (Lipinski definition) is 0. The number of carbonyl (C=O) groups is 1. The fourth-order valence-electron chi connectivity index (χ4n) is 4.44. The Hall–Kier alpha value is -1.72. The molecule has 0 atom stereocenters. The largest absolute Gasteiger partial charge is 0.340 e. The molecule has 4 nitrogen and oxygen atoms in total. The van der Waals surface area contributed by atoms with E-state index in [-0.39, 0.29) is 0 Å². The second-order valence-corrected chi connectivity index (χ2v) is 9.07. The number of rotatable bonds is 6. The molecule has 0 bridgehead atoms. The van der Waals surface area contributed by atoms with Crippen molar-refractivity contribution in [3.8, 4) is 10.6 Å². The Labute approximate surface area is 172 Å². The summed E-state index contributed by atoms with van der Waals surface area (Å²) in [7, 11) is 0. The van der Waals surface area contributed by atoms with E-state index in [1.165, 1.54) is 37.7 Å². The lowest BCUT2D eigenvalue weighted by atomic mass is 9.86. The van der Waals surface area contributed by atoms with Crippen LogP contribution < -0.4 is 0 Å². The zero-order chi connectivity index (χ0) is 19.2. The fraction of sp³-hybridized carbons (Fsp3) is 0.565. The first-order chi connectivity index (χ1) is 13.8. The van der Waals surface area contributed by atoms with Crippen LogP contribution in [0.2, 0.25) is 0 Å². The molecule has 1 aliphatic carbocycles. The molecule has 1 saturated carbocycles. The van der Waals surface area contributed by atoms with Crippen LogP contribution in [0.15, 0.2) is 35.7 Å². The van der Waals surface area contributed by atoms with Gasteiger partial charge >= 0.3 is 0 Å². The topological polar surface area (TPSA) is 36.4 Å². The van der Waals surface area contributed by atoms with Crippen LogP contribution >= 0.6 is 11.3 Å². The molecule has 1 aromatic heterocycles. The molecular formula is C23H31N3OS. The molecule has 28 heavy (non-hydrogen) atoms. The lowest BCUT2D eigenvalue weighted by Gasteiger charge is -2.34. The van der Waals surface area contributed by atoms with Gasteiger partial charge in [-0.2, -0.15) is 0 Å². The predicted octanol–water partition coefficient (Wildman–Crippen LogP) is 4.81. The van der Waals surface area contributed by atoms with Gasteiger partial charge in [0.05, 0.1) is 5.69 Å². The minimum absolute atomic E-state index is 0.366. The Morgan fingerprint density at radius 2 is 1.79 bits per heavy atom. The van der Waals surface area contributed by atoms with Gasteiger partial charge in [-0.1, -0.05) is 62.4 Å². The summed E-state index contributed by atoms with van der Waals surface area (Å²) in [6.45, 7) is 4.51. The van der Waals surface area contributed by atoms with E-state index in [1.54, 1.807) is 11.3 Å². The summed E-state index contributed by atoms with van der Waals surface area (Å²) >= 11 is 1.71. The molecule has 0 radical (unpaired) electrons. The van der Waals surface area contributed by atoms with Gasteiger partial charge in [-0.05, 0) is 12.3 Å². The number of carbonyl (C=O) groups excluding carboxylic acids is 1. The highest BCUT2D eigenvalue weighted by Crippen LogP contribution is 2.28. The molecule has 150 valence electrons. The number of piperazine rings is 1. The molecule has 1 aliphatic heterocycles. The molecule has 2 heterocycles. The highest BCUT2D eigenvalue weighted by Gasteiger charge is 2.23. The highest BCUT2D eigenvalue weighted by molar-refractivity contribution is 7.13. The van der Waals surface area contributed by atoms with Gasteiger partial charge in [-0.15, -0.1) is 11.3 Å². The van der Waals surface area contributed by atoms with Crippen molar-refractivity contribution in [2.45, 2.75) is 51.5 Å². The van der Waals surface area contributed by atoms with Gasteiger partial charge in [0, 0.05) is 50.1 Å². The highest BCUT2D eigenvalue weighted by atomic mass is 32.1. The van der Waals surface area contributed by atoms with Gasteiger partial charge in [0.2, 0.25) is 5.91 Å². The van der Waals surface area contributed by atoms with E-state index in [1.807, 2.05) is 6.07 Å². The van der Waals surface area contributed by atoms with Crippen LogP contribution in [-0.2, 0) is 11.3 Å². The maximum absolute atomic E-state index is 12.6. The van der Waals surface area contributed by atoms with Crippen molar-refractivity contribution in [2.24, 2.45) is 5.92 Å². The van der Waals surface area contributed by atoms with Crippen LogP contribution in [0.25, 0.3) is 10.6 Å². The monoisotopic (exact) mass is 397 g/mol.